The second-order valence-corrected chi connectivity index (χ2v) is 8.99. The second kappa shape index (κ2) is 16.8. The molecule has 0 heterocycles. The van der Waals surface area contributed by atoms with Crippen LogP contribution in [-0.4, -0.2) is 54.5 Å². The van der Waals surface area contributed by atoms with E-state index in [0.29, 0.717) is 42.8 Å². The molecule has 2 rings (SSSR count). The SMILES string of the molecule is CCCCCCCCN(CCOc1ccc(CC(OCC)C(=O)O)cc1)C(=O)Oc1ccc(Cl)cc1. The van der Waals surface area contributed by atoms with Crippen molar-refractivity contribution in [1.29, 1.82) is 0 Å². The van der Waals surface area contributed by atoms with Gasteiger partial charge in [0.1, 0.15) is 18.1 Å². The van der Waals surface area contributed by atoms with Crippen LogP contribution in [0, 0.1) is 0 Å². The van der Waals surface area contributed by atoms with Crippen molar-refractivity contribution in [3.8, 4) is 11.5 Å². The normalized spacial score (nSPS) is 11.6. The largest absolute Gasteiger partial charge is 0.492 e. The smallest absolute Gasteiger partial charge is 0.415 e. The second-order valence-electron chi connectivity index (χ2n) is 8.56. The zero-order valence-electron chi connectivity index (χ0n) is 21.3. The van der Waals surface area contributed by atoms with Crippen molar-refractivity contribution in [2.45, 2.75) is 64.9 Å². The van der Waals surface area contributed by atoms with E-state index in [1.54, 1.807) is 48.2 Å². The Hall–Kier alpha value is -2.77. The first-order chi connectivity index (χ1) is 17.4. The van der Waals surface area contributed by atoms with Gasteiger partial charge in [-0.3, -0.25) is 0 Å². The number of ether oxygens (including phenoxy) is 3. The van der Waals surface area contributed by atoms with E-state index in [1.807, 2.05) is 12.1 Å². The number of carboxylic acids is 1. The van der Waals surface area contributed by atoms with Gasteiger partial charge < -0.3 is 24.2 Å². The van der Waals surface area contributed by atoms with Gasteiger partial charge in [0.05, 0.1) is 6.54 Å². The molecule has 36 heavy (non-hydrogen) atoms. The van der Waals surface area contributed by atoms with E-state index >= 15 is 0 Å². The summed E-state index contributed by atoms with van der Waals surface area (Å²) < 4.78 is 16.7. The van der Waals surface area contributed by atoms with Crippen molar-refractivity contribution < 1.29 is 28.9 Å². The van der Waals surface area contributed by atoms with Crippen LogP contribution in [0.4, 0.5) is 4.79 Å². The van der Waals surface area contributed by atoms with Gasteiger partial charge in [-0.25, -0.2) is 9.59 Å². The maximum Gasteiger partial charge on any atom is 0.415 e. The number of aliphatic carboxylic acids is 1. The van der Waals surface area contributed by atoms with Crippen LogP contribution in [-0.2, 0) is 16.0 Å². The van der Waals surface area contributed by atoms with Gasteiger partial charge in [0.15, 0.2) is 6.10 Å². The lowest BCUT2D eigenvalue weighted by Gasteiger charge is -2.22. The molecule has 0 spiro atoms. The number of carboxylic acid groups (broad SMARTS) is 1. The fraction of sp³-hybridized carbons (Fsp3) is 0.500. The number of halogens is 1. The summed E-state index contributed by atoms with van der Waals surface area (Å²) in [5.74, 6) is 0.112. The van der Waals surface area contributed by atoms with Gasteiger partial charge in [-0.15, -0.1) is 0 Å². The molecule has 0 aliphatic rings. The minimum absolute atomic E-state index is 0.284. The molecule has 198 valence electrons. The molecule has 2 aromatic carbocycles. The molecule has 8 heteroatoms. The van der Waals surface area contributed by atoms with E-state index in [-0.39, 0.29) is 6.42 Å². The quantitative estimate of drug-likeness (QED) is 0.237. The monoisotopic (exact) mass is 519 g/mol. The number of rotatable bonds is 17. The Labute approximate surface area is 219 Å². The Bertz CT molecular complexity index is 903. The fourth-order valence-electron chi connectivity index (χ4n) is 3.67. The van der Waals surface area contributed by atoms with Gasteiger partial charge in [-0.1, -0.05) is 62.8 Å². The number of hydrogen-bond donors (Lipinski definition) is 1. The summed E-state index contributed by atoms with van der Waals surface area (Å²) in [5.41, 5.74) is 0.847. The molecule has 0 saturated carbocycles. The standard InChI is InChI=1S/C28H38ClNO6/c1-3-5-6-7-8-9-18-30(28(33)36-25-16-12-23(29)13-17-25)19-20-35-24-14-10-22(11-15-24)21-26(27(31)32)34-4-2/h10-17,26H,3-9,18-21H2,1-2H3,(H,31,32). The Morgan fingerprint density at radius 1 is 0.889 bits per heavy atom. The predicted molar refractivity (Wildman–Crippen MR) is 141 cm³/mol. The molecule has 1 N–H and O–H groups in total. The molecular formula is C28H38ClNO6. The number of unbranched alkanes of at least 4 members (excludes halogenated alkanes) is 5. The van der Waals surface area contributed by atoms with Gasteiger partial charge in [-0.05, 0) is 55.3 Å². The number of carbonyl (C=O) groups is 2. The van der Waals surface area contributed by atoms with Crippen LogP contribution < -0.4 is 9.47 Å². The molecule has 0 aliphatic carbocycles. The van der Waals surface area contributed by atoms with Gasteiger partial charge >= 0.3 is 12.1 Å². The minimum Gasteiger partial charge on any atom is -0.492 e. The lowest BCUT2D eigenvalue weighted by atomic mass is 10.1. The van der Waals surface area contributed by atoms with Crippen LogP contribution >= 0.6 is 11.6 Å². The Morgan fingerprint density at radius 2 is 1.53 bits per heavy atom. The summed E-state index contributed by atoms with van der Waals surface area (Å²) in [5, 5.41) is 9.83. The Balaban J connectivity index is 1.88. The summed E-state index contributed by atoms with van der Waals surface area (Å²) >= 11 is 5.92. The van der Waals surface area contributed by atoms with E-state index in [2.05, 4.69) is 6.92 Å². The van der Waals surface area contributed by atoms with Crippen molar-refractivity contribution >= 4 is 23.7 Å². The van der Waals surface area contributed by atoms with E-state index in [4.69, 9.17) is 25.8 Å². The highest BCUT2D eigenvalue weighted by atomic mass is 35.5. The highest BCUT2D eigenvalue weighted by molar-refractivity contribution is 6.30. The minimum atomic E-state index is -0.979. The topological polar surface area (TPSA) is 85.3 Å². The lowest BCUT2D eigenvalue weighted by Crippen LogP contribution is -2.37. The molecule has 0 saturated heterocycles. The van der Waals surface area contributed by atoms with Crippen LogP contribution in [0.5, 0.6) is 11.5 Å². The summed E-state index contributed by atoms with van der Waals surface area (Å²) in [6.45, 7) is 5.59. The maximum absolute atomic E-state index is 12.8. The van der Waals surface area contributed by atoms with Gasteiger partial charge in [0, 0.05) is 24.6 Å². The van der Waals surface area contributed by atoms with Crippen LogP contribution in [0.3, 0.4) is 0 Å². The molecular weight excluding hydrogens is 482 g/mol. The predicted octanol–water partition coefficient (Wildman–Crippen LogP) is 6.61. The molecule has 0 radical (unpaired) electrons. The highest BCUT2D eigenvalue weighted by Gasteiger charge is 2.18. The number of hydrogen-bond acceptors (Lipinski definition) is 5. The number of amides is 1. The summed E-state index contributed by atoms with van der Waals surface area (Å²) in [6.07, 6.45) is 5.76. The molecule has 0 bridgehead atoms. The molecule has 0 aromatic heterocycles. The van der Waals surface area contributed by atoms with E-state index in [1.165, 1.54) is 19.3 Å². The number of nitrogens with zero attached hydrogens (tertiary/aromatic N) is 1. The zero-order valence-corrected chi connectivity index (χ0v) is 22.0. The highest BCUT2D eigenvalue weighted by Crippen LogP contribution is 2.18. The molecule has 7 nitrogen and oxygen atoms in total. The van der Waals surface area contributed by atoms with Gasteiger partial charge in [-0.2, -0.15) is 0 Å². The van der Waals surface area contributed by atoms with Crippen LogP contribution in [0.2, 0.25) is 5.02 Å². The zero-order chi connectivity index (χ0) is 26.2. The van der Waals surface area contributed by atoms with Gasteiger partial charge in [0.25, 0.3) is 0 Å². The third-order valence-electron chi connectivity index (χ3n) is 5.68. The fourth-order valence-corrected chi connectivity index (χ4v) is 3.80. The first-order valence-electron chi connectivity index (χ1n) is 12.7. The number of benzene rings is 2. The summed E-state index contributed by atoms with van der Waals surface area (Å²) in [7, 11) is 0. The van der Waals surface area contributed by atoms with Crippen molar-refractivity contribution in [1.82, 2.24) is 4.90 Å². The first-order valence-corrected chi connectivity index (χ1v) is 13.1. The Kier molecular flexibility index (Phi) is 13.8. The summed E-state index contributed by atoms with van der Waals surface area (Å²) in [4.78, 5) is 25.8. The average molecular weight is 520 g/mol. The molecule has 1 amide bonds. The van der Waals surface area contributed by atoms with E-state index in [0.717, 1.165) is 24.8 Å². The molecule has 0 aliphatic heterocycles. The molecule has 1 unspecified atom stereocenters. The lowest BCUT2D eigenvalue weighted by molar-refractivity contribution is -0.149. The van der Waals surface area contributed by atoms with E-state index in [9.17, 15) is 14.7 Å². The van der Waals surface area contributed by atoms with Crippen molar-refractivity contribution in [2.24, 2.45) is 0 Å². The third-order valence-corrected chi connectivity index (χ3v) is 5.93. The maximum atomic E-state index is 12.8. The first kappa shape index (κ1) is 29.5. The Morgan fingerprint density at radius 3 is 2.17 bits per heavy atom. The van der Waals surface area contributed by atoms with Gasteiger partial charge in [0.2, 0.25) is 0 Å². The average Bonchev–Trinajstić information content (AvgIpc) is 2.87. The van der Waals surface area contributed by atoms with Crippen LogP contribution in [0.25, 0.3) is 0 Å². The molecule has 0 fully saturated rings. The third kappa shape index (κ3) is 11.3. The number of carbonyl (C=O) groups excluding carboxylic acids is 1. The van der Waals surface area contributed by atoms with Crippen molar-refractivity contribution in [3.63, 3.8) is 0 Å². The molecule has 1 atom stereocenters. The molecule has 2 aromatic rings. The van der Waals surface area contributed by atoms with Crippen molar-refractivity contribution in [3.05, 3.63) is 59.1 Å². The van der Waals surface area contributed by atoms with Crippen LogP contribution in [0.15, 0.2) is 48.5 Å². The summed E-state index contributed by atoms with van der Waals surface area (Å²) in [6, 6.07) is 13.9. The van der Waals surface area contributed by atoms with E-state index < -0.39 is 18.2 Å². The van der Waals surface area contributed by atoms with Crippen molar-refractivity contribution in [2.75, 3.05) is 26.3 Å². The van der Waals surface area contributed by atoms with Crippen LogP contribution in [0.1, 0.15) is 57.9 Å².